The third-order valence-electron chi connectivity index (χ3n) is 5.32. The Morgan fingerprint density at radius 2 is 1.97 bits per heavy atom. The van der Waals surface area contributed by atoms with Gasteiger partial charge < -0.3 is 14.2 Å². The zero-order valence-electron chi connectivity index (χ0n) is 18.3. The number of methoxy groups -OCH3 is 1. The minimum Gasteiger partial charge on any atom is -0.495 e. The number of amides is 1. The molecule has 4 rings (SSSR count). The number of aromatic nitrogens is 2. The van der Waals surface area contributed by atoms with Gasteiger partial charge in [0.1, 0.15) is 16.5 Å². The van der Waals surface area contributed by atoms with Crippen molar-refractivity contribution in [2.75, 3.05) is 33.5 Å². The molecular weight excluding hydrogens is 448 g/mol. The van der Waals surface area contributed by atoms with Crippen LogP contribution in [0.1, 0.15) is 16.2 Å². The lowest BCUT2D eigenvalue weighted by molar-refractivity contribution is 0.0830. The van der Waals surface area contributed by atoms with Crippen molar-refractivity contribution in [3.63, 3.8) is 0 Å². The number of hydrogen-bond acceptors (Lipinski definition) is 6. The van der Waals surface area contributed by atoms with Crippen molar-refractivity contribution in [2.24, 2.45) is 7.05 Å². The Labute approximate surface area is 191 Å². The second-order valence-corrected chi connectivity index (χ2v) is 10.7. The van der Waals surface area contributed by atoms with Crippen LogP contribution in [0.25, 0.3) is 17.1 Å². The highest BCUT2D eigenvalue weighted by molar-refractivity contribution is 8.03. The summed E-state index contributed by atoms with van der Waals surface area (Å²) in [5.74, 6) is 1.43. The predicted molar refractivity (Wildman–Crippen MR) is 126 cm³/mol. The van der Waals surface area contributed by atoms with Crippen LogP contribution in [0.2, 0.25) is 0 Å². The summed E-state index contributed by atoms with van der Waals surface area (Å²) in [5.41, 5.74) is 2.18. The van der Waals surface area contributed by atoms with Crippen LogP contribution in [0.4, 0.5) is 0 Å². The van der Waals surface area contributed by atoms with Gasteiger partial charge in [0.05, 0.1) is 23.2 Å². The summed E-state index contributed by atoms with van der Waals surface area (Å²) in [5, 5.41) is 0.779. The molecule has 0 unspecified atom stereocenters. The number of aryl methyl sites for hydroxylation is 1. The SMILES string of the molecule is COc1ccc(C(=O)N2CCS/C2=C/c2nc3ccccc3n2C)cc1S(=O)(=O)N(C)C. The predicted octanol–water partition coefficient (Wildman–Crippen LogP) is 3.02. The number of rotatable bonds is 5. The zero-order valence-corrected chi connectivity index (χ0v) is 19.9. The fourth-order valence-electron chi connectivity index (χ4n) is 3.52. The number of benzene rings is 2. The highest BCUT2D eigenvalue weighted by atomic mass is 32.2. The zero-order chi connectivity index (χ0) is 23.0. The van der Waals surface area contributed by atoms with Crippen molar-refractivity contribution in [3.8, 4) is 5.75 Å². The molecule has 10 heteroatoms. The molecule has 2 heterocycles. The van der Waals surface area contributed by atoms with Crippen molar-refractivity contribution in [1.29, 1.82) is 0 Å². The average Bonchev–Trinajstić information content (AvgIpc) is 3.37. The third kappa shape index (κ3) is 3.89. The number of fused-ring (bicyclic) bond motifs is 1. The van der Waals surface area contributed by atoms with Crippen molar-refractivity contribution in [2.45, 2.75) is 4.90 Å². The van der Waals surface area contributed by atoms with Crippen LogP contribution in [0.3, 0.4) is 0 Å². The fraction of sp³-hybridized carbons (Fsp3) is 0.273. The Hall–Kier alpha value is -2.82. The van der Waals surface area contributed by atoms with E-state index >= 15 is 0 Å². The number of imidazole rings is 1. The molecule has 0 atom stereocenters. The molecule has 0 saturated carbocycles. The van der Waals surface area contributed by atoms with Gasteiger partial charge in [-0.25, -0.2) is 17.7 Å². The standard InChI is InChI=1S/C22H24N4O4S2/c1-24(2)32(28,29)19-13-15(9-10-18(19)30-4)22(27)26-11-12-31-21(26)14-20-23-16-7-5-6-8-17(16)25(20)3/h5-10,13-14H,11-12H2,1-4H3/b21-14+. The van der Waals surface area contributed by atoms with Crippen LogP contribution in [0.5, 0.6) is 5.75 Å². The van der Waals surface area contributed by atoms with E-state index in [2.05, 4.69) is 4.98 Å². The molecule has 0 radical (unpaired) electrons. The van der Waals surface area contributed by atoms with Gasteiger partial charge in [0.15, 0.2) is 0 Å². The molecule has 1 amide bonds. The van der Waals surface area contributed by atoms with Crippen LogP contribution in [-0.2, 0) is 17.1 Å². The van der Waals surface area contributed by atoms with Gasteiger partial charge in [-0.3, -0.25) is 4.79 Å². The number of sulfonamides is 1. The lowest BCUT2D eigenvalue weighted by Crippen LogP contribution is -2.28. The van der Waals surface area contributed by atoms with E-state index in [0.29, 0.717) is 6.54 Å². The van der Waals surface area contributed by atoms with Crippen LogP contribution < -0.4 is 4.74 Å². The Morgan fingerprint density at radius 3 is 2.66 bits per heavy atom. The Kier molecular flexibility index (Phi) is 6.02. The van der Waals surface area contributed by atoms with Gasteiger partial charge in [-0.15, -0.1) is 11.8 Å². The van der Waals surface area contributed by atoms with Crippen LogP contribution >= 0.6 is 11.8 Å². The summed E-state index contributed by atoms with van der Waals surface area (Å²) >= 11 is 1.57. The molecule has 1 aliphatic rings. The van der Waals surface area contributed by atoms with Gasteiger partial charge >= 0.3 is 0 Å². The molecule has 1 aromatic heterocycles. The van der Waals surface area contributed by atoms with Gasteiger partial charge in [0.25, 0.3) is 5.91 Å². The third-order valence-corrected chi connectivity index (χ3v) is 8.18. The molecule has 8 nitrogen and oxygen atoms in total. The van der Waals surface area contributed by atoms with Gasteiger partial charge in [0.2, 0.25) is 10.0 Å². The molecule has 2 aromatic carbocycles. The van der Waals surface area contributed by atoms with E-state index in [1.54, 1.807) is 22.7 Å². The number of para-hydroxylation sites is 2. The highest BCUT2D eigenvalue weighted by Gasteiger charge is 2.29. The summed E-state index contributed by atoms with van der Waals surface area (Å²) in [6, 6.07) is 12.3. The first-order valence-corrected chi connectivity index (χ1v) is 12.3. The summed E-state index contributed by atoms with van der Waals surface area (Å²) in [6.45, 7) is 0.529. The van der Waals surface area contributed by atoms with Crippen molar-refractivity contribution in [3.05, 3.63) is 58.9 Å². The molecule has 0 N–H and O–H groups in total. The van der Waals surface area contributed by atoms with Gasteiger partial charge in [-0.2, -0.15) is 0 Å². The smallest absolute Gasteiger partial charge is 0.258 e. The fourth-order valence-corrected chi connectivity index (χ4v) is 5.60. The molecule has 1 fully saturated rings. The van der Waals surface area contributed by atoms with Gasteiger partial charge in [-0.1, -0.05) is 12.1 Å². The van der Waals surface area contributed by atoms with E-state index in [9.17, 15) is 13.2 Å². The number of carbonyl (C=O) groups excluding carboxylic acids is 1. The van der Waals surface area contributed by atoms with E-state index < -0.39 is 10.0 Å². The molecule has 168 valence electrons. The first-order valence-electron chi connectivity index (χ1n) is 9.92. The molecule has 0 bridgehead atoms. The first kappa shape index (κ1) is 22.4. The molecular formula is C22H24N4O4S2. The maximum atomic E-state index is 13.3. The topological polar surface area (TPSA) is 84.7 Å². The first-order chi connectivity index (χ1) is 15.2. The molecule has 0 spiro atoms. The number of thioether (sulfide) groups is 1. The van der Waals surface area contributed by atoms with Crippen LogP contribution in [-0.4, -0.2) is 66.6 Å². The average molecular weight is 473 g/mol. The van der Waals surface area contributed by atoms with Crippen LogP contribution in [0, 0.1) is 0 Å². The number of ether oxygens (including phenoxy) is 1. The summed E-state index contributed by atoms with van der Waals surface area (Å²) < 4.78 is 33.8. The minimum absolute atomic E-state index is 0.0384. The minimum atomic E-state index is -3.78. The van der Waals surface area contributed by atoms with Gasteiger partial charge in [-0.05, 0) is 30.3 Å². The van der Waals surface area contributed by atoms with E-state index in [-0.39, 0.29) is 22.1 Å². The summed E-state index contributed by atoms with van der Waals surface area (Å²) in [4.78, 5) is 19.6. The Balaban J connectivity index is 1.71. The largest absolute Gasteiger partial charge is 0.495 e. The number of nitrogens with zero attached hydrogens (tertiary/aromatic N) is 4. The Bertz CT molecular complexity index is 1330. The van der Waals surface area contributed by atoms with Crippen LogP contribution in [0.15, 0.2) is 52.4 Å². The van der Waals surface area contributed by atoms with E-state index in [1.165, 1.54) is 33.3 Å². The highest BCUT2D eigenvalue weighted by Crippen LogP contribution is 2.33. The second kappa shape index (κ2) is 8.61. The van der Waals surface area contributed by atoms with Crippen molar-refractivity contribution < 1.29 is 17.9 Å². The molecule has 1 saturated heterocycles. The lowest BCUT2D eigenvalue weighted by Gasteiger charge is -2.19. The lowest BCUT2D eigenvalue weighted by atomic mass is 10.2. The van der Waals surface area contributed by atoms with E-state index in [0.717, 1.165) is 31.9 Å². The molecule has 1 aliphatic heterocycles. The molecule has 32 heavy (non-hydrogen) atoms. The van der Waals surface area contributed by atoms with E-state index in [1.807, 2.05) is 42.0 Å². The maximum Gasteiger partial charge on any atom is 0.258 e. The van der Waals surface area contributed by atoms with Gasteiger partial charge in [0, 0.05) is 45.1 Å². The number of hydrogen-bond donors (Lipinski definition) is 0. The maximum absolute atomic E-state index is 13.3. The van der Waals surface area contributed by atoms with E-state index in [4.69, 9.17) is 4.74 Å². The Morgan fingerprint density at radius 1 is 1.22 bits per heavy atom. The van der Waals surface area contributed by atoms with Crippen molar-refractivity contribution >= 4 is 44.8 Å². The molecule has 3 aromatic rings. The number of carbonyl (C=O) groups is 1. The normalized spacial score (nSPS) is 15.8. The monoisotopic (exact) mass is 472 g/mol. The summed E-state index contributed by atoms with van der Waals surface area (Å²) in [7, 11) is 2.45. The summed E-state index contributed by atoms with van der Waals surface area (Å²) in [6.07, 6.45) is 1.90. The molecule has 0 aliphatic carbocycles. The van der Waals surface area contributed by atoms with Crippen molar-refractivity contribution in [1.82, 2.24) is 18.8 Å². The quantitative estimate of drug-likeness (QED) is 0.568. The second-order valence-electron chi connectivity index (χ2n) is 7.46.